The Hall–Kier alpha value is -3.15. The van der Waals surface area contributed by atoms with Crippen LogP contribution in [-0.4, -0.2) is 17.6 Å². The Morgan fingerprint density at radius 3 is 2.72 bits per heavy atom. The Bertz CT molecular complexity index is 888. The van der Waals surface area contributed by atoms with Crippen molar-refractivity contribution < 1.29 is 13.7 Å². The number of nitrogens with two attached hydrogens (primary N) is 1. The monoisotopic (exact) mass is 339 g/mol. The van der Waals surface area contributed by atoms with Gasteiger partial charge in [0.1, 0.15) is 11.4 Å². The lowest BCUT2D eigenvalue weighted by Gasteiger charge is -2.06. The van der Waals surface area contributed by atoms with Gasteiger partial charge in [-0.05, 0) is 43.2 Å². The second-order valence-corrected chi connectivity index (χ2v) is 5.73. The smallest absolute Gasteiger partial charge is 0.257 e. The number of amides is 1. The first-order valence-electron chi connectivity index (χ1n) is 7.89. The number of rotatable bonds is 5. The summed E-state index contributed by atoms with van der Waals surface area (Å²) >= 11 is 0. The van der Waals surface area contributed by atoms with Crippen LogP contribution in [0, 0.1) is 12.7 Å². The van der Waals surface area contributed by atoms with Gasteiger partial charge in [0.15, 0.2) is 5.76 Å². The maximum atomic E-state index is 13.4. The third kappa shape index (κ3) is 3.85. The van der Waals surface area contributed by atoms with Gasteiger partial charge in [0.2, 0.25) is 0 Å². The van der Waals surface area contributed by atoms with E-state index in [0.717, 1.165) is 5.56 Å². The van der Waals surface area contributed by atoms with E-state index in [-0.39, 0.29) is 11.7 Å². The molecule has 128 valence electrons. The molecule has 5 nitrogen and oxygen atoms in total. The summed E-state index contributed by atoms with van der Waals surface area (Å²) in [6.07, 6.45) is 0.672. The molecule has 0 spiro atoms. The number of carbonyl (C=O) groups excluding carboxylic acids is 1. The Labute approximate surface area is 144 Å². The molecule has 0 saturated carbocycles. The van der Waals surface area contributed by atoms with Gasteiger partial charge in [-0.2, -0.15) is 0 Å². The molecular formula is C19H18FN3O2. The SMILES string of the molecule is Cc1noc(-c2cccc(F)c2)c1C(=O)NCCc1ccc(N)cc1. The van der Waals surface area contributed by atoms with Gasteiger partial charge in [-0.3, -0.25) is 4.79 Å². The molecule has 1 heterocycles. The third-order valence-electron chi connectivity index (χ3n) is 3.86. The first kappa shape index (κ1) is 16.7. The normalized spacial score (nSPS) is 10.6. The molecule has 1 aromatic heterocycles. The van der Waals surface area contributed by atoms with Crippen molar-refractivity contribution in [1.29, 1.82) is 0 Å². The van der Waals surface area contributed by atoms with Crippen molar-refractivity contribution in [3.05, 3.63) is 71.2 Å². The van der Waals surface area contributed by atoms with Gasteiger partial charge in [0.25, 0.3) is 5.91 Å². The van der Waals surface area contributed by atoms with E-state index in [4.69, 9.17) is 10.3 Å². The molecule has 0 saturated heterocycles. The number of benzene rings is 2. The van der Waals surface area contributed by atoms with Gasteiger partial charge in [-0.25, -0.2) is 4.39 Å². The molecule has 0 unspecified atom stereocenters. The van der Waals surface area contributed by atoms with Gasteiger partial charge >= 0.3 is 0 Å². The minimum absolute atomic E-state index is 0.266. The fraction of sp³-hybridized carbons (Fsp3) is 0.158. The number of nitrogen functional groups attached to an aromatic ring is 1. The van der Waals surface area contributed by atoms with E-state index in [1.165, 1.54) is 12.1 Å². The summed E-state index contributed by atoms with van der Waals surface area (Å²) in [4.78, 5) is 12.5. The van der Waals surface area contributed by atoms with E-state index in [0.29, 0.717) is 35.5 Å². The van der Waals surface area contributed by atoms with Gasteiger partial charge in [-0.1, -0.05) is 29.4 Å². The molecular weight excluding hydrogens is 321 g/mol. The van der Waals surface area contributed by atoms with Crippen LogP contribution in [0.5, 0.6) is 0 Å². The molecule has 1 amide bonds. The number of hydrogen-bond donors (Lipinski definition) is 2. The van der Waals surface area contributed by atoms with Crippen LogP contribution in [0.4, 0.5) is 10.1 Å². The van der Waals surface area contributed by atoms with Crippen LogP contribution >= 0.6 is 0 Å². The zero-order valence-corrected chi connectivity index (χ0v) is 13.8. The summed E-state index contributed by atoms with van der Waals surface area (Å²) in [5.41, 5.74) is 8.69. The van der Waals surface area contributed by atoms with E-state index in [1.54, 1.807) is 19.1 Å². The molecule has 0 fully saturated rings. The van der Waals surface area contributed by atoms with E-state index < -0.39 is 5.82 Å². The highest BCUT2D eigenvalue weighted by Gasteiger charge is 2.21. The fourth-order valence-electron chi connectivity index (χ4n) is 2.56. The Kier molecular flexibility index (Phi) is 4.79. The number of nitrogens with one attached hydrogen (secondary N) is 1. The lowest BCUT2D eigenvalue weighted by Crippen LogP contribution is -2.26. The fourth-order valence-corrected chi connectivity index (χ4v) is 2.56. The van der Waals surface area contributed by atoms with Crippen LogP contribution in [0.3, 0.4) is 0 Å². The van der Waals surface area contributed by atoms with E-state index in [2.05, 4.69) is 10.5 Å². The summed E-state index contributed by atoms with van der Waals surface area (Å²) < 4.78 is 18.7. The third-order valence-corrected chi connectivity index (χ3v) is 3.86. The second-order valence-electron chi connectivity index (χ2n) is 5.73. The summed E-state index contributed by atoms with van der Waals surface area (Å²) in [7, 11) is 0. The standard InChI is InChI=1S/C19H18FN3O2/c1-12-17(18(25-23-12)14-3-2-4-15(20)11-14)19(24)22-10-9-13-5-7-16(21)8-6-13/h2-8,11H,9-10,21H2,1H3,(H,22,24). The lowest BCUT2D eigenvalue weighted by molar-refractivity contribution is 0.0954. The Morgan fingerprint density at radius 1 is 1.24 bits per heavy atom. The predicted molar refractivity (Wildman–Crippen MR) is 93.5 cm³/mol. The molecule has 25 heavy (non-hydrogen) atoms. The van der Waals surface area contributed by atoms with Crippen LogP contribution in [0.15, 0.2) is 53.1 Å². The summed E-state index contributed by atoms with van der Waals surface area (Å²) in [5, 5.41) is 6.70. The average molecular weight is 339 g/mol. The van der Waals surface area contributed by atoms with Crippen LogP contribution in [0.25, 0.3) is 11.3 Å². The van der Waals surface area contributed by atoms with Crippen LogP contribution in [0.1, 0.15) is 21.6 Å². The van der Waals surface area contributed by atoms with E-state index in [1.807, 2.05) is 24.3 Å². The average Bonchev–Trinajstić information content (AvgIpc) is 2.98. The molecule has 0 atom stereocenters. The summed E-state index contributed by atoms with van der Waals surface area (Å²) in [6, 6.07) is 13.4. The first-order valence-corrected chi connectivity index (χ1v) is 7.89. The van der Waals surface area contributed by atoms with Crippen molar-refractivity contribution in [1.82, 2.24) is 10.5 Å². The highest BCUT2D eigenvalue weighted by Crippen LogP contribution is 2.26. The molecule has 0 bridgehead atoms. The van der Waals surface area contributed by atoms with Crippen molar-refractivity contribution in [3.63, 3.8) is 0 Å². The van der Waals surface area contributed by atoms with Gasteiger partial charge in [-0.15, -0.1) is 0 Å². The number of halogens is 1. The number of nitrogens with zero attached hydrogens (tertiary/aromatic N) is 1. The number of anilines is 1. The van der Waals surface area contributed by atoms with Crippen LogP contribution in [-0.2, 0) is 6.42 Å². The largest absolute Gasteiger partial charge is 0.399 e. The van der Waals surface area contributed by atoms with Crippen molar-refractivity contribution in [2.45, 2.75) is 13.3 Å². The van der Waals surface area contributed by atoms with Crippen molar-refractivity contribution in [3.8, 4) is 11.3 Å². The predicted octanol–water partition coefficient (Wildman–Crippen LogP) is 3.34. The van der Waals surface area contributed by atoms with Crippen LogP contribution in [0.2, 0.25) is 0 Å². The molecule has 0 aliphatic heterocycles. The van der Waals surface area contributed by atoms with E-state index in [9.17, 15) is 9.18 Å². The van der Waals surface area contributed by atoms with Gasteiger partial charge in [0.05, 0.1) is 5.69 Å². The minimum Gasteiger partial charge on any atom is -0.399 e. The molecule has 3 N–H and O–H groups in total. The Morgan fingerprint density at radius 2 is 2.00 bits per heavy atom. The summed E-state index contributed by atoms with van der Waals surface area (Å²) in [5.74, 6) is -0.434. The number of carbonyl (C=O) groups is 1. The zero-order valence-electron chi connectivity index (χ0n) is 13.8. The molecule has 3 aromatic rings. The highest BCUT2D eigenvalue weighted by molar-refractivity contribution is 6.00. The zero-order chi connectivity index (χ0) is 17.8. The topological polar surface area (TPSA) is 81.2 Å². The number of aryl methyl sites for hydroxylation is 1. The highest BCUT2D eigenvalue weighted by atomic mass is 19.1. The van der Waals surface area contributed by atoms with E-state index >= 15 is 0 Å². The van der Waals surface area contributed by atoms with Crippen molar-refractivity contribution in [2.24, 2.45) is 0 Å². The molecule has 0 radical (unpaired) electrons. The van der Waals surface area contributed by atoms with Gasteiger partial charge in [0, 0.05) is 17.8 Å². The van der Waals surface area contributed by atoms with Crippen molar-refractivity contribution >= 4 is 11.6 Å². The number of aromatic nitrogens is 1. The Balaban J connectivity index is 1.72. The van der Waals surface area contributed by atoms with Crippen molar-refractivity contribution in [2.75, 3.05) is 12.3 Å². The molecule has 6 heteroatoms. The van der Waals surface area contributed by atoms with Gasteiger partial charge < -0.3 is 15.6 Å². The molecule has 3 rings (SSSR count). The quantitative estimate of drug-likeness (QED) is 0.699. The maximum Gasteiger partial charge on any atom is 0.257 e. The molecule has 0 aliphatic carbocycles. The van der Waals surface area contributed by atoms with Crippen LogP contribution < -0.4 is 11.1 Å². The number of hydrogen-bond acceptors (Lipinski definition) is 4. The maximum absolute atomic E-state index is 13.4. The molecule has 0 aliphatic rings. The minimum atomic E-state index is -0.402. The first-order chi connectivity index (χ1) is 12.0. The second kappa shape index (κ2) is 7.17. The lowest BCUT2D eigenvalue weighted by atomic mass is 10.1. The summed E-state index contributed by atoms with van der Waals surface area (Å²) in [6.45, 7) is 2.14. The molecule has 2 aromatic carbocycles.